The van der Waals surface area contributed by atoms with Gasteiger partial charge in [0.15, 0.2) is 5.82 Å². The van der Waals surface area contributed by atoms with Gasteiger partial charge in [0, 0.05) is 42.0 Å². The summed E-state index contributed by atoms with van der Waals surface area (Å²) in [5.74, 6) is 0.913. The minimum Gasteiger partial charge on any atom is -0.416 e. The number of nitrogens with zero attached hydrogens (tertiary/aromatic N) is 5. The number of benzene rings is 3. The summed E-state index contributed by atoms with van der Waals surface area (Å²) in [6.07, 6.45) is 3.19. The van der Waals surface area contributed by atoms with Crippen molar-refractivity contribution in [2.75, 3.05) is 24.3 Å². The third kappa shape index (κ3) is 4.91. The first-order chi connectivity index (χ1) is 17.1. The predicted octanol–water partition coefficient (Wildman–Crippen LogP) is 5.18. The predicted molar refractivity (Wildman–Crippen MR) is 135 cm³/mol. The maximum atomic E-state index is 12.7. The number of rotatable bonds is 6. The Labute approximate surface area is 202 Å². The van der Waals surface area contributed by atoms with Crippen LogP contribution in [-0.2, 0) is 0 Å². The monoisotopic (exact) mass is 462 g/mol. The molecule has 0 aliphatic carbocycles. The van der Waals surface area contributed by atoms with Crippen molar-refractivity contribution in [3.63, 3.8) is 0 Å². The molecule has 0 atom stereocenters. The summed E-state index contributed by atoms with van der Waals surface area (Å²) in [5.41, 5.74) is 4.83. The van der Waals surface area contributed by atoms with E-state index in [-0.39, 0.29) is 5.91 Å². The van der Waals surface area contributed by atoms with E-state index in [1.54, 1.807) is 36.7 Å². The van der Waals surface area contributed by atoms with Crippen LogP contribution in [0.3, 0.4) is 0 Å². The maximum Gasteiger partial charge on any atom is 0.256 e. The number of hydrogen-bond donors (Lipinski definition) is 1. The van der Waals surface area contributed by atoms with Crippen molar-refractivity contribution in [1.82, 2.24) is 20.2 Å². The van der Waals surface area contributed by atoms with Crippen molar-refractivity contribution in [2.45, 2.75) is 0 Å². The van der Waals surface area contributed by atoms with Crippen LogP contribution >= 0.6 is 0 Å². The Morgan fingerprint density at radius 1 is 0.743 bits per heavy atom. The van der Waals surface area contributed by atoms with Crippen LogP contribution in [0.1, 0.15) is 10.4 Å². The van der Waals surface area contributed by atoms with Crippen LogP contribution in [0.15, 0.2) is 95.7 Å². The first-order valence-corrected chi connectivity index (χ1v) is 11.0. The second kappa shape index (κ2) is 9.56. The van der Waals surface area contributed by atoms with Gasteiger partial charge in [-0.3, -0.25) is 9.78 Å². The molecule has 8 heteroatoms. The van der Waals surface area contributed by atoms with Crippen LogP contribution in [0.25, 0.3) is 34.2 Å². The molecule has 2 aromatic heterocycles. The van der Waals surface area contributed by atoms with E-state index in [0.717, 1.165) is 28.1 Å². The molecule has 0 radical (unpaired) electrons. The molecule has 0 fully saturated rings. The van der Waals surface area contributed by atoms with Gasteiger partial charge in [0.25, 0.3) is 5.91 Å². The summed E-state index contributed by atoms with van der Waals surface area (Å²) >= 11 is 0. The van der Waals surface area contributed by atoms with Crippen molar-refractivity contribution in [2.24, 2.45) is 0 Å². The zero-order valence-corrected chi connectivity index (χ0v) is 19.2. The highest BCUT2D eigenvalue weighted by molar-refractivity contribution is 6.03. The Morgan fingerprint density at radius 2 is 1.37 bits per heavy atom. The molecule has 35 heavy (non-hydrogen) atoms. The fourth-order valence-electron chi connectivity index (χ4n) is 3.46. The highest BCUT2D eigenvalue weighted by Crippen LogP contribution is 2.24. The molecule has 5 rings (SSSR count). The fraction of sp³-hybridized carbons (Fsp3) is 0.0741. The normalized spacial score (nSPS) is 10.7. The average molecular weight is 463 g/mol. The average Bonchev–Trinajstić information content (AvgIpc) is 3.40. The second-order valence-electron chi connectivity index (χ2n) is 8.04. The second-order valence-corrected chi connectivity index (χ2v) is 8.04. The lowest BCUT2D eigenvalue weighted by molar-refractivity contribution is 0.102. The molecule has 0 saturated carbocycles. The molecule has 5 aromatic rings. The molecule has 0 aliphatic rings. The Morgan fingerprint density at radius 3 is 1.97 bits per heavy atom. The van der Waals surface area contributed by atoms with Gasteiger partial charge < -0.3 is 14.6 Å². The standard InChI is InChI=1S/C27H22N6O2/c1-33(2)22-14-12-18(13-15-22)23-16-29-24(17-28-23)30-25(34)19-8-10-21(11-9-19)27-32-31-26(35-27)20-6-4-3-5-7-20/h3-17H,1-2H3,(H,29,30,34). The fourth-order valence-corrected chi connectivity index (χ4v) is 3.46. The molecule has 0 saturated heterocycles. The number of amides is 1. The van der Waals surface area contributed by atoms with Crippen molar-refractivity contribution in [3.05, 3.63) is 96.8 Å². The lowest BCUT2D eigenvalue weighted by Crippen LogP contribution is -2.13. The number of hydrogen-bond acceptors (Lipinski definition) is 7. The number of anilines is 2. The molecule has 8 nitrogen and oxygen atoms in total. The lowest BCUT2D eigenvalue weighted by Gasteiger charge is -2.12. The van der Waals surface area contributed by atoms with Crippen molar-refractivity contribution in [3.8, 4) is 34.2 Å². The van der Waals surface area contributed by atoms with Crippen molar-refractivity contribution >= 4 is 17.4 Å². The van der Waals surface area contributed by atoms with E-state index in [1.807, 2.05) is 73.6 Å². The van der Waals surface area contributed by atoms with Gasteiger partial charge in [0.2, 0.25) is 11.8 Å². The van der Waals surface area contributed by atoms with Crippen LogP contribution in [0.5, 0.6) is 0 Å². The van der Waals surface area contributed by atoms with E-state index >= 15 is 0 Å². The zero-order chi connectivity index (χ0) is 24.2. The van der Waals surface area contributed by atoms with Crippen LogP contribution in [0.2, 0.25) is 0 Å². The van der Waals surface area contributed by atoms with Gasteiger partial charge in [0.05, 0.1) is 18.1 Å². The van der Waals surface area contributed by atoms with Gasteiger partial charge in [0.1, 0.15) is 0 Å². The van der Waals surface area contributed by atoms with Gasteiger partial charge in [-0.15, -0.1) is 10.2 Å². The van der Waals surface area contributed by atoms with Crippen LogP contribution in [0.4, 0.5) is 11.5 Å². The maximum absolute atomic E-state index is 12.7. The lowest BCUT2D eigenvalue weighted by atomic mass is 10.1. The number of nitrogens with one attached hydrogen (secondary N) is 1. The third-order valence-corrected chi connectivity index (χ3v) is 5.41. The van der Waals surface area contributed by atoms with E-state index < -0.39 is 0 Å². The molecular formula is C27H22N6O2. The highest BCUT2D eigenvalue weighted by atomic mass is 16.4. The SMILES string of the molecule is CN(C)c1ccc(-c2cnc(NC(=O)c3ccc(-c4nnc(-c5ccccc5)o4)cc3)cn2)cc1. The summed E-state index contributed by atoms with van der Waals surface area (Å²) < 4.78 is 5.77. The topological polar surface area (TPSA) is 97.0 Å². The Balaban J connectivity index is 1.24. The Kier molecular flexibility index (Phi) is 6.00. The summed E-state index contributed by atoms with van der Waals surface area (Å²) in [5, 5.41) is 11.0. The molecular weight excluding hydrogens is 440 g/mol. The van der Waals surface area contributed by atoms with Gasteiger partial charge >= 0.3 is 0 Å². The molecule has 0 bridgehead atoms. The zero-order valence-electron chi connectivity index (χ0n) is 19.2. The van der Waals surface area contributed by atoms with Gasteiger partial charge in [-0.2, -0.15) is 0 Å². The van der Waals surface area contributed by atoms with E-state index in [9.17, 15) is 4.79 Å². The molecule has 172 valence electrons. The Bertz CT molecular complexity index is 1430. The largest absolute Gasteiger partial charge is 0.416 e. The minimum atomic E-state index is -0.288. The van der Waals surface area contributed by atoms with Crippen LogP contribution in [-0.4, -0.2) is 40.2 Å². The minimum absolute atomic E-state index is 0.288. The third-order valence-electron chi connectivity index (χ3n) is 5.41. The molecule has 1 N–H and O–H groups in total. The molecule has 0 unspecified atom stereocenters. The van der Waals surface area contributed by atoms with E-state index in [1.165, 1.54) is 0 Å². The highest BCUT2D eigenvalue weighted by Gasteiger charge is 2.12. The molecule has 3 aromatic carbocycles. The first kappa shape index (κ1) is 22.0. The number of aromatic nitrogens is 4. The smallest absolute Gasteiger partial charge is 0.256 e. The number of carbonyl (C=O) groups excluding carboxylic acids is 1. The summed E-state index contributed by atoms with van der Waals surface area (Å²) in [4.78, 5) is 23.5. The van der Waals surface area contributed by atoms with E-state index in [0.29, 0.717) is 23.2 Å². The van der Waals surface area contributed by atoms with Crippen LogP contribution in [0, 0.1) is 0 Å². The molecule has 2 heterocycles. The quantitative estimate of drug-likeness (QED) is 0.371. The molecule has 0 aliphatic heterocycles. The Hall–Kier alpha value is -4.85. The summed E-state index contributed by atoms with van der Waals surface area (Å²) in [6, 6.07) is 24.5. The summed E-state index contributed by atoms with van der Waals surface area (Å²) in [6.45, 7) is 0. The number of carbonyl (C=O) groups is 1. The van der Waals surface area contributed by atoms with Crippen LogP contribution < -0.4 is 10.2 Å². The summed E-state index contributed by atoms with van der Waals surface area (Å²) in [7, 11) is 3.99. The van der Waals surface area contributed by atoms with Crippen molar-refractivity contribution in [1.29, 1.82) is 0 Å². The van der Waals surface area contributed by atoms with Gasteiger partial charge in [-0.05, 0) is 48.5 Å². The van der Waals surface area contributed by atoms with Gasteiger partial charge in [-0.25, -0.2) is 4.98 Å². The van der Waals surface area contributed by atoms with E-state index in [4.69, 9.17) is 4.42 Å². The molecule has 0 spiro atoms. The first-order valence-electron chi connectivity index (χ1n) is 11.0. The van der Waals surface area contributed by atoms with Crippen molar-refractivity contribution < 1.29 is 9.21 Å². The molecule has 1 amide bonds. The van der Waals surface area contributed by atoms with E-state index in [2.05, 4.69) is 25.5 Å². The van der Waals surface area contributed by atoms with Gasteiger partial charge in [-0.1, -0.05) is 30.3 Å².